The van der Waals surface area contributed by atoms with Gasteiger partial charge in [0, 0.05) is 6.07 Å². The van der Waals surface area contributed by atoms with E-state index in [9.17, 15) is 0 Å². The number of aryl methyl sites for hydroxylation is 1. The van der Waals surface area contributed by atoms with Crippen molar-refractivity contribution in [1.29, 1.82) is 10.5 Å². The van der Waals surface area contributed by atoms with Gasteiger partial charge in [0.15, 0.2) is 0 Å². The summed E-state index contributed by atoms with van der Waals surface area (Å²) in [6.45, 7) is 1.85. The van der Waals surface area contributed by atoms with E-state index in [1.54, 1.807) is 36.4 Å². The Balaban J connectivity index is 2.29. The highest BCUT2D eigenvalue weighted by Gasteiger charge is 2.04. The second-order valence-corrected chi connectivity index (χ2v) is 3.67. The highest BCUT2D eigenvalue weighted by molar-refractivity contribution is 5.42. The molecule has 0 saturated heterocycles. The minimum absolute atomic E-state index is 0.304. The van der Waals surface area contributed by atoms with Crippen LogP contribution in [-0.4, -0.2) is 4.98 Å². The molecule has 4 heteroatoms. The van der Waals surface area contributed by atoms with Crippen LogP contribution >= 0.6 is 0 Å². The summed E-state index contributed by atoms with van der Waals surface area (Å²) in [6.07, 6.45) is 0. The minimum atomic E-state index is 0.304. The normalized spacial score (nSPS) is 9.28. The van der Waals surface area contributed by atoms with Crippen molar-refractivity contribution in [1.82, 2.24) is 4.98 Å². The third-order valence-electron chi connectivity index (χ3n) is 2.36. The maximum Gasteiger partial charge on any atom is 0.220 e. The highest BCUT2D eigenvalue weighted by Crippen LogP contribution is 2.24. The fourth-order valence-electron chi connectivity index (χ4n) is 1.48. The van der Waals surface area contributed by atoms with E-state index in [4.69, 9.17) is 15.3 Å². The number of nitriles is 2. The number of pyridine rings is 1. The summed E-state index contributed by atoms with van der Waals surface area (Å²) in [7, 11) is 0. The first-order valence-electron chi connectivity index (χ1n) is 5.28. The fraction of sp³-hybridized carbons (Fsp3) is 0.0714. The third kappa shape index (κ3) is 2.45. The Hall–Kier alpha value is -2.85. The monoisotopic (exact) mass is 235 g/mol. The average molecular weight is 235 g/mol. The van der Waals surface area contributed by atoms with Crippen molar-refractivity contribution in [3.63, 3.8) is 0 Å². The number of rotatable bonds is 2. The molecule has 0 unspecified atom stereocenters. The van der Waals surface area contributed by atoms with Gasteiger partial charge in [0.25, 0.3) is 0 Å². The number of hydrogen-bond acceptors (Lipinski definition) is 4. The van der Waals surface area contributed by atoms with Crippen LogP contribution in [0.4, 0.5) is 0 Å². The first kappa shape index (κ1) is 11.6. The molecule has 0 atom stereocenters. The van der Waals surface area contributed by atoms with Crippen LogP contribution in [0.15, 0.2) is 36.4 Å². The van der Waals surface area contributed by atoms with Gasteiger partial charge in [-0.05, 0) is 36.8 Å². The van der Waals surface area contributed by atoms with Crippen LogP contribution in [0.2, 0.25) is 0 Å². The Bertz CT molecular complexity index is 665. The molecular formula is C14H9N3O. The molecule has 86 valence electrons. The SMILES string of the molecule is Cc1cc(C#N)ccc1Oc1cccc(C#N)n1. The zero-order valence-electron chi connectivity index (χ0n) is 9.71. The molecule has 0 aliphatic heterocycles. The molecule has 0 amide bonds. The number of nitrogens with zero attached hydrogens (tertiary/aromatic N) is 3. The second kappa shape index (κ2) is 4.99. The van der Waals surface area contributed by atoms with Crippen LogP contribution in [0.5, 0.6) is 11.6 Å². The van der Waals surface area contributed by atoms with Crippen molar-refractivity contribution in [3.8, 4) is 23.8 Å². The third-order valence-corrected chi connectivity index (χ3v) is 2.36. The number of aromatic nitrogens is 1. The Morgan fingerprint density at radius 1 is 1.11 bits per heavy atom. The number of ether oxygens (including phenoxy) is 1. The maximum absolute atomic E-state index is 8.77. The molecule has 0 bridgehead atoms. The predicted octanol–water partition coefficient (Wildman–Crippen LogP) is 2.93. The molecule has 0 saturated carbocycles. The summed E-state index contributed by atoms with van der Waals surface area (Å²) in [4.78, 5) is 4.02. The molecule has 0 fully saturated rings. The Labute approximate surface area is 105 Å². The van der Waals surface area contributed by atoms with E-state index in [1.165, 1.54) is 0 Å². The molecule has 18 heavy (non-hydrogen) atoms. The van der Waals surface area contributed by atoms with Crippen molar-refractivity contribution in [2.75, 3.05) is 0 Å². The molecule has 4 nitrogen and oxygen atoms in total. The smallest absolute Gasteiger partial charge is 0.220 e. The quantitative estimate of drug-likeness (QED) is 0.802. The van der Waals surface area contributed by atoms with Crippen molar-refractivity contribution in [2.24, 2.45) is 0 Å². The molecular weight excluding hydrogens is 226 g/mol. The largest absolute Gasteiger partial charge is 0.439 e. The van der Waals surface area contributed by atoms with E-state index in [1.807, 2.05) is 13.0 Å². The lowest BCUT2D eigenvalue weighted by Gasteiger charge is -2.07. The minimum Gasteiger partial charge on any atom is -0.439 e. The summed E-state index contributed by atoms with van der Waals surface area (Å²) in [5.74, 6) is 0.985. The van der Waals surface area contributed by atoms with Gasteiger partial charge in [0.05, 0.1) is 11.6 Å². The first-order chi connectivity index (χ1) is 8.72. The average Bonchev–Trinajstić information content (AvgIpc) is 2.41. The van der Waals surface area contributed by atoms with Crippen LogP contribution in [-0.2, 0) is 0 Å². The van der Waals surface area contributed by atoms with E-state index in [0.717, 1.165) is 5.56 Å². The van der Waals surface area contributed by atoms with Crippen LogP contribution in [0.3, 0.4) is 0 Å². The van der Waals surface area contributed by atoms with Crippen molar-refractivity contribution in [3.05, 3.63) is 53.2 Å². The summed E-state index contributed by atoms with van der Waals surface area (Å²) in [5, 5.41) is 17.5. The molecule has 0 radical (unpaired) electrons. The van der Waals surface area contributed by atoms with Gasteiger partial charge in [-0.3, -0.25) is 0 Å². The topological polar surface area (TPSA) is 69.7 Å². The van der Waals surface area contributed by atoms with Gasteiger partial charge in [0.2, 0.25) is 5.88 Å². The Morgan fingerprint density at radius 2 is 1.94 bits per heavy atom. The Kier molecular flexibility index (Phi) is 3.22. The zero-order valence-corrected chi connectivity index (χ0v) is 9.71. The molecule has 1 heterocycles. The van der Waals surface area contributed by atoms with Gasteiger partial charge in [-0.1, -0.05) is 6.07 Å². The summed E-state index contributed by atoms with van der Waals surface area (Å²) < 4.78 is 5.58. The van der Waals surface area contributed by atoms with Gasteiger partial charge >= 0.3 is 0 Å². The highest BCUT2D eigenvalue weighted by atomic mass is 16.5. The number of hydrogen-bond donors (Lipinski definition) is 0. The van der Waals surface area contributed by atoms with E-state index >= 15 is 0 Å². The van der Waals surface area contributed by atoms with Crippen LogP contribution in [0.1, 0.15) is 16.8 Å². The lowest BCUT2D eigenvalue weighted by Crippen LogP contribution is -1.92. The second-order valence-electron chi connectivity index (χ2n) is 3.67. The molecule has 2 aromatic rings. The van der Waals surface area contributed by atoms with Crippen molar-refractivity contribution >= 4 is 0 Å². The van der Waals surface area contributed by atoms with E-state index in [2.05, 4.69) is 11.1 Å². The molecule has 0 aliphatic carbocycles. The van der Waals surface area contributed by atoms with Crippen LogP contribution in [0, 0.1) is 29.6 Å². The van der Waals surface area contributed by atoms with Crippen molar-refractivity contribution < 1.29 is 4.74 Å². The molecule has 0 spiro atoms. The predicted molar refractivity (Wildman–Crippen MR) is 64.9 cm³/mol. The van der Waals surface area contributed by atoms with Crippen LogP contribution in [0.25, 0.3) is 0 Å². The van der Waals surface area contributed by atoms with Gasteiger partial charge in [-0.15, -0.1) is 0 Å². The summed E-state index contributed by atoms with van der Waals surface area (Å²) in [5.41, 5.74) is 1.73. The van der Waals surface area contributed by atoms with Gasteiger partial charge in [-0.2, -0.15) is 10.5 Å². The lowest BCUT2D eigenvalue weighted by atomic mass is 10.1. The molecule has 0 aliphatic rings. The lowest BCUT2D eigenvalue weighted by molar-refractivity contribution is 0.459. The maximum atomic E-state index is 8.77. The van der Waals surface area contributed by atoms with E-state index < -0.39 is 0 Å². The molecule has 1 aromatic carbocycles. The van der Waals surface area contributed by atoms with Crippen LogP contribution < -0.4 is 4.74 Å². The molecule has 0 N–H and O–H groups in total. The standard InChI is InChI=1S/C14H9N3O/c1-10-7-11(8-15)5-6-13(10)18-14-4-2-3-12(9-16)17-14/h2-7H,1H3. The van der Waals surface area contributed by atoms with Crippen molar-refractivity contribution in [2.45, 2.75) is 6.92 Å². The summed E-state index contributed by atoms with van der Waals surface area (Å²) in [6, 6.07) is 14.1. The van der Waals surface area contributed by atoms with E-state index in [0.29, 0.717) is 22.9 Å². The van der Waals surface area contributed by atoms with Gasteiger partial charge < -0.3 is 4.74 Å². The Morgan fingerprint density at radius 3 is 2.61 bits per heavy atom. The fourth-order valence-corrected chi connectivity index (χ4v) is 1.48. The summed E-state index contributed by atoms with van der Waals surface area (Å²) >= 11 is 0. The van der Waals surface area contributed by atoms with Gasteiger partial charge in [-0.25, -0.2) is 4.98 Å². The number of benzene rings is 1. The van der Waals surface area contributed by atoms with E-state index in [-0.39, 0.29) is 0 Å². The molecule has 2 rings (SSSR count). The first-order valence-corrected chi connectivity index (χ1v) is 5.28. The van der Waals surface area contributed by atoms with Gasteiger partial charge in [0.1, 0.15) is 17.5 Å². The molecule has 1 aromatic heterocycles. The zero-order chi connectivity index (χ0) is 13.0.